The van der Waals surface area contributed by atoms with Crippen molar-refractivity contribution in [2.24, 2.45) is 0 Å². The Labute approximate surface area is 92.9 Å². The second-order valence-electron chi connectivity index (χ2n) is 2.81. The van der Waals surface area contributed by atoms with Crippen LogP contribution in [0.2, 0.25) is 10.0 Å². The number of halogens is 2. The number of hydrogen-bond acceptors (Lipinski definition) is 2. The highest BCUT2D eigenvalue weighted by molar-refractivity contribution is 6.36. The van der Waals surface area contributed by atoms with Gasteiger partial charge in [-0.25, -0.2) is 0 Å². The Hall–Kier alpha value is -0.700. The summed E-state index contributed by atoms with van der Waals surface area (Å²) < 4.78 is 0. The highest BCUT2D eigenvalue weighted by atomic mass is 35.5. The lowest BCUT2D eigenvalue weighted by Gasteiger charge is -2.03. The maximum atomic E-state index is 8.59. The van der Waals surface area contributed by atoms with Crippen LogP contribution in [0, 0.1) is 0 Å². The van der Waals surface area contributed by atoms with Crippen LogP contribution in [0.5, 0.6) is 0 Å². The van der Waals surface area contributed by atoms with Crippen LogP contribution in [0.25, 0.3) is 6.08 Å². The number of benzene rings is 1. The molecule has 0 spiro atoms. The largest absolute Gasteiger partial charge is 0.397 e. The normalized spacial score (nSPS) is 11.1. The van der Waals surface area contributed by atoms with Crippen LogP contribution >= 0.6 is 23.2 Å². The minimum atomic E-state index is 0.116. The molecule has 0 saturated carbocycles. The average molecular weight is 232 g/mol. The molecule has 0 aliphatic rings. The number of aliphatic hydroxyl groups is 1. The van der Waals surface area contributed by atoms with Crippen LogP contribution in [-0.4, -0.2) is 11.7 Å². The van der Waals surface area contributed by atoms with Gasteiger partial charge in [0.05, 0.1) is 10.7 Å². The second-order valence-corrected chi connectivity index (χ2v) is 3.65. The minimum absolute atomic E-state index is 0.116. The smallest absolute Gasteiger partial charge is 0.0656 e. The number of aliphatic hydroxyl groups excluding tert-OH is 1. The van der Waals surface area contributed by atoms with Crippen molar-refractivity contribution in [3.05, 3.63) is 33.8 Å². The van der Waals surface area contributed by atoms with Gasteiger partial charge in [-0.05, 0) is 18.6 Å². The van der Waals surface area contributed by atoms with Crippen LogP contribution in [0.3, 0.4) is 0 Å². The van der Waals surface area contributed by atoms with Crippen molar-refractivity contribution >= 4 is 35.0 Å². The summed E-state index contributed by atoms with van der Waals surface area (Å²) in [5.41, 5.74) is 7.01. The quantitative estimate of drug-likeness (QED) is 0.787. The zero-order valence-electron chi connectivity index (χ0n) is 7.50. The molecule has 3 N–H and O–H groups in total. The van der Waals surface area contributed by atoms with E-state index in [1.165, 1.54) is 0 Å². The number of nitrogen functional groups attached to an aromatic ring is 1. The van der Waals surface area contributed by atoms with Gasteiger partial charge in [0, 0.05) is 17.2 Å². The fourth-order valence-electron chi connectivity index (χ4n) is 1.03. The van der Waals surface area contributed by atoms with Gasteiger partial charge in [0.2, 0.25) is 0 Å². The summed E-state index contributed by atoms with van der Waals surface area (Å²) in [4.78, 5) is 0. The van der Waals surface area contributed by atoms with Crippen molar-refractivity contribution in [3.63, 3.8) is 0 Å². The van der Waals surface area contributed by atoms with Crippen LogP contribution in [-0.2, 0) is 0 Å². The lowest BCUT2D eigenvalue weighted by Crippen LogP contribution is -1.90. The number of hydrogen-bond donors (Lipinski definition) is 2. The zero-order valence-corrected chi connectivity index (χ0v) is 9.02. The van der Waals surface area contributed by atoms with Gasteiger partial charge < -0.3 is 10.8 Å². The molecule has 0 aliphatic heterocycles. The van der Waals surface area contributed by atoms with E-state index in [4.69, 9.17) is 34.0 Å². The Morgan fingerprint density at radius 3 is 2.71 bits per heavy atom. The molecule has 76 valence electrons. The van der Waals surface area contributed by atoms with Crippen LogP contribution < -0.4 is 5.73 Å². The standard InChI is InChI=1S/C10H11Cl2NO/c11-8-5-7(3-1-2-4-14)10(13)9(12)6-8/h1,3,5-6,14H,2,4,13H2. The third kappa shape index (κ3) is 2.91. The monoisotopic (exact) mass is 231 g/mol. The predicted octanol–water partition coefficient (Wildman–Crippen LogP) is 2.97. The summed E-state index contributed by atoms with van der Waals surface area (Å²) in [6.45, 7) is 0.116. The Bertz CT molecular complexity index is 350. The Morgan fingerprint density at radius 1 is 1.36 bits per heavy atom. The van der Waals surface area contributed by atoms with Crippen molar-refractivity contribution in [1.29, 1.82) is 0 Å². The molecule has 0 aromatic heterocycles. The van der Waals surface area contributed by atoms with Gasteiger partial charge in [-0.15, -0.1) is 0 Å². The molecule has 0 amide bonds. The van der Waals surface area contributed by atoms with E-state index in [2.05, 4.69) is 0 Å². The lowest BCUT2D eigenvalue weighted by atomic mass is 10.1. The molecule has 0 saturated heterocycles. The Morgan fingerprint density at radius 2 is 2.07 bits per heavy atom. The molecule has 0 fully saturated rings. The average Bonchev–Trinajstić information content (AvgIpc) is 2.13. The van der Waals surface area contributed by atoms with Crippen LogP contribution in [0.1, 0.15) is 12.0 Å². The van der Waals surface area contributed by atoms with Gasteiger partial charge >= 0.3 is 0 Å². The van der Waals surface area contributed by atoms with E-state index >= 15 is 0 Å². The van der Waals surface area contributed by atoms with Gasteiger partial charge in [-0.1, -0.05) is 35.4 Å². The Kier molecular flexibility index (Phi) is 4.26. The first-order valence-electron chi connectivity index (χ1n) is 4.17. The summed E-state index contributed by atoms with van der Waals surface area (Å²) in [5.74, 6) is 0. The summed E-state index contributed by atoms with van der Waals surface area (Å²) in [6.07, 6.45) is 4.20. The van der Waals surface area contributed by atoms with Crippen molar-refractivity contribution in [2.45, 2.75) is 6.42 Å². The molecule has 0 unspecified atom stereocenters. The zero-order chi connectivity index (χ0) is 10.6. The van der Waals surface area contributed by atoms with Crippen molar-refractivity contribution in [2.75, 3.05) is 12.3 Å². The molecule has 1 aromatic rings. The van der Waals surface area contributed by atoms with Gasteiger partial charge in [-0.3, -0.25) is 0 Å². The van der Waals surface area contributed by atoms with Gasteiger partial charge in [0.15, 0.2) is 0 Å². The third-order valence-corrected chi connectivity index (χ3v) is 2.25. The first-order valence-corrected chi connectivity index (χ1v) is 4.92. The van der Waals surface area contributed by atoms with E-state index in [1.807, 2.05) is 6.08 Å². The molecular weight excluding hydrogens is 221 g/mol. The van der Waals surface area contributed by atoms with Crippen LogP contribution in [0.15, 0.2) is 18.2 Å². The molecule has 2 nitrogen and oxygen atoms in total. The second kappa shape index (κ2) is 5.25. The molecule has 0 heterocycles. The lowest BCUT2D eigenvalue weighted by molar-refractivity contribution is 0.303. The van der Waals surface area contributed by atoms with E-state index < -0.39 is 0 Å². The minimum Gasteiger partial charge on any atom is -0.397 e. The highest BCUT2D eigenvalue weighted by Crippen LogP contribution is 2.28. The van der Waals surface area contributed by atoms with Gasteiger partial charge in [-0.2, -0.15) is 0 Å². The maximum Gasteiger partial charge on any atom is 0.0656 e. The summed E-state index contributed by atoms with van der Waals surface area (Å²) in [5, 5.41) is 9.58. The van der Waals surface area contributed by atoms with E-state index in [1.54, 1.807) is 18.2 Å². The number of anilines is 1. The van der Waals surface area contributed by atoms with E-state index in [0.29, 0.717) is 22.2 Å². The molecule has 0 aliphatic carbocycles. The summed E-state index contributed by atoms with van der Waals surface area (Å²) in [7, 11) is 0. The van der Waals surface area contributed by atoms with E-state index in [-0.39, 0.29) is 6.61 Å². The molecule has 0 bridgehead atoms. The molecular formula is C10H11Cl2NO. The highest BCUT2D eigenvalue weighted by Gasteiger charge is 2.02. The van der Waals surface area contributed by atoms with Crippen LogP contribution in [0.4, 0.5) is 5.69 Å². The Balaban J connectivity index is 2.96. The molecule has 4 heteroatoms. The van der Waals surface area contributed by atoms with Crippen molar-refractivity contribution < 1.29 is 5.11 Å². The summed E-state index contributed by atoms with van der Waals surface area (Å²) in [6, 6.07) is 3.33. The van der Waals surface area contributed by atoms with E-state index in [9.17, 15) is 0 Å². The molecule has 0 radical (unpaired) electrons. The predicted molar refractivity (Wildman–Crippen MR) is 61.6 cm³/mol. The molecule has 14 heavy (non-hydrogen) atoms. The van der Waals surface area contributed by atoms with Crippen molar-refractivity contribution in [3.8, 4) is 0 Å². The SMILES string of the molecule is Nc1c(Cl)cc(Cl)cc1C=CCCO. The molecule has 1 aromatic carbocycles. The first-order chi connectivity index (χ1) is 6.65. The molecule has 1 rings (SSSR count). The fourth-order valence-corrected chi connectivity index (χ4v) is 1.54. The summed E-state index contributed by atoms with van der Waals surface area (Å²) >= 11 is 11.7. The topological polar surface area (TPSA) is 46.2 Å². The van der Waals surface area contributed by atoms with Gasteiger partial charge in [0.25, 0.3) is 0 Å². The van der Waals surface area contributed by atoms with Gasteiger partial charge in [0.1, 0.15) is 0 Å². The maximum absolute atomic E-state index is 8.59. The first kappa shape index (κ1) is 11.4. The van der Waals surface area contributed by atoms with E-state index in [0.717, 1.165) is 5.56 Å². The molecule has 0 atom stereocenters. The third-order valence-electron chi connectivity index (χ3n) is 1.72. The number of nitrogens with two attached hydrogens (primary N) is 1. The number of rotatable bonds is 3. The fraction of sp³-hybridized carbons (Fsp3) is 0.200. The van der Waals surface area contributed by atoms with Crippen molar-refractivity contribution in [1.82, 2.24) is 0 Å².